The molecule has 0 atom stereocenters. The molecule has 0 bridgehead atoms. The Balaban J connectivity index is 2.83. The molecule has 0 amide bonds. The van der Waals surface area contributed by atoms with Crippen molar-refractivity contribution in [2.24, 2.45) is 0 Å². The molecule has 1 heterocycles. The number of anilines is 1. The van der Waals surface area contributed by atoms with Crippen LogP contribution in [0.3, 0.4) is 0 Å². The SMILES string of the molecule is Cc1nc(N(C)CC(C)(C)O)ccc1Br. The van der Waals surface area contributed by atoms with Gasteiger partial charge in [0, 0.05) is 18.1 Å². The summed E-state index contributed by atoms with van der Waals surface area (Å²) in [6.07, 6.45) is 0. The Morgan fingerprint density at radius 1 is 1.47 bits per heavy atom. The van der Waals surface area contributed by atoms with Gasteiger partial charge < -0.3 is 10.0 Å². The van der Waals surface area contributed by atoms with E-state index in [9.17, 15) is 5.11 Å². The largest absolute Gasteiger partial charge is 0.389 e. The van der Waals surface area contributed by atoms with Crippen molar-refractivity contribution in [3.05, 3.63) is 22.3 Å². The summed E-state index contributed by atoms with van der Waals surface area (Å²) in [4.78, 5) is 6.37. The Labute approximate surface area is 99.3 Å². The van der Waals surface area contributed by atoms with Gasteiger partial charge in [-0.1, -0.05) is 0 Å². The van der Waals surface area contributed by atoms with Crippen molar-refractivity contribution < 1.29 is 5.11 Å². The first kappa shape index (κ1) is 12.5. The van der Waals surface area contributed by atoms with Crippen molar-refractivity contribution in [3.8, 4) is 0 Å². The summed E-state index contributed by atoms with van der Waals surface area (Å²) in [5.41, 5.74) is 0.243. The van der Waals surface area contributed by atoms with Crippen molar-refractivity contribution in [3.63, 3.8) is 0 Å². The Kier molecular flexibility index (Phi) is 3.73. The first-order valence-electron chi connectivity index (χ1n) is 4.86. The summed E-state index contributed by atoms with van der Waals surface area (Å²) in [5, 5.41) is 9.69. The molecule has 1 aromatic rings. The van der Waals surface area contributed by atoms with E-state index in [2.05, 4.69) is 20.9 Å². The summed E-state index contributed by atoms with van der Waals surface area (Å²) in [5.74, 6) is 0.873. The van der Waals surface area contributed by atoms with Crippen LogP contribution in [0.5, 0.6) is 0 Å². The average molecular weight is 273 g/mol. The van der Waals surface area contributed by atoms with Crippen LogP contribution in [0.1, 0.15) is 19.5 Å². The van der Waals surface area contributed by atoms with E-state index in [4.69, 9.17) is 0 Å². The van der Waals surface area contributed by atoms with Gasteiger partial charge >= 0.3 is 0 Å². The fourth-order valence-electron chi connectivity index (χ4n) is 1.40. The van der Waals surface area contributed by atoms with Crippen LogP contribution in [0, 0.1) is 6.92 Å². The second-order valence-corrected chi connectivity index (χ2v) is 5.26. The summed E-state index contributed by atoms with van der Waals surface area (Å²) in [6.45, 7) is 6.08. The molecular weight excluding hydrogens is 256 g/mol. The van der Waals surface area contributed by atoms with Crippen molar-refractivity contribution >= 4 is 21.7 Å². The fourth-order valence-corrected chi connectivity index (χ4v) is 1.63. The molecule has 15 heavy (non-hydrogen) atoms. The molecule has 1 aromatic heterocycles. The Morgan fingerprint density at radius 3 is 2.53 bits per heavy atom. The molecule has 84 valence electrons. The van der Waals surface area contributed by atoms with Crippen molar-refractivity contribution in [2.75, 3.05) is 18.5 Å². The van der Waals surface area contributed by atoms with E-state index in [-0.39, 0.29) is 0 Å². The zero-order valence-corrected chi connectivity index (χ0v) is 11.2. The number of hydrogen-bond acceptors (Lipinski definition) is 3. The summed E-state index contributed by atoms with van der Waals surface area (Å²) < 4.78 is 1.00. The highest BCUT2D eigenvalue weighted by Crippen LogP contribution is 2.19. The molecule has 0 aliphatic rings. The monoisotopic (exact) mass is 272 g/mol. The third-order valence-electron chi connectivity index (χ3n) is 2.02. The Morgan fingerprint density at radius 2 is 2.07 bits per heavy atom. The highest BCUT2D eigenvalue weighted by Gasteiger charge is 2.16. The van der Waals surface area contributed by atoms with E-state index in [1.807, 2.05) is 31.0 Å². The molecule has 0 spiro atoms. The van der Waals surface area contributed by atoms with Crippen molar-refractivity contribution in [1.29, 1.82) is 0 Å². The van der Waals surface area contributed by atoms with E-state index < -0.39 is 5.60 Å². The molecule has 0 saturated carbocycles. The zero-order valence-electron chi connectivity index (χ0n) is 9.58. The number of aromatic nitrogens is 1. The average Bonchev–Trinajstić information content (AvgIpc) is 2.06. The molecule has 0 aromatic carbocycles. The zero-order chi connectivity index (χ0) is 11.6. The van der Waals surface area contributed by atoms with Gasteiger partial charge in [-0.05, 0) is 48.8 Å². The Bertz CT molecular complexity index is 347. The molecule has 3 nitrogen and oxygen atoms in total. The van der Waals surface area contributed by atoms with Gasteiger partial charge in [-0.25, -0.2) is 4.98 Å². The predicted octanol–water partition coefficient (Wildman–Crippen LogP) is 2.36. The van der Waals surface area contributed by atoms with Crippen LogP contribution in [0.2, 0.25) is 0 Å². The topological polar surface area (TPSA) is 36.4 Å². The number of likely N-dealkylation sites (N-methyl/N-ethyl adjacent to an activating group) is 1. The molecule has 4 heteroatoms. The van der Waals surface area contributed by atoms with Gasteiger partial charge in [0.2, 0.25) is 0 Å². The van der Waals surface area contributed by atoms with Crippen molar-refractivity contribution in [1.82, 2.24) is 4.98 Å². The molecule has 0 unspecified atom stereocenters. The molecule has 0 radical (unpaired) electrons. The number of aryl methyl sites for hydroxylation is 1. The minimum absolute atomic E-state index is 0.557. The summed E-state index contributed by atoms with van der Waals surface area (Å²) in [7, 11) is 1.92. The quantitative estimate of drug-likeness (QED) is 0.918. The normalized spacial score (nSPS) is 11.6. The third-order valence-corrected chi connectivity index (χ3v) is 2.86. The van der Waals surface area contributed by atoms with Crippen LogP contribution < -0.4 is 4.90 Å². The summed E-state index contributed by atoms with van der Waals surface area (Å²) >= 11 is 3.41. The fraction of sp³-hybridized carbons (Fsp3) is 0.545. The van der Waals surface area contributed by atoms with Gasteiger partial charge in [0.1, 0.15) is 5.82 Å². The lowest BCUT2D eigenvalue weighted by Crippen LogP contribution is -2.36. The lowest BCUT2D eigenvalue weighted by Gasteiger charge is -2.26. The van der Waals surface area contributed by atoms with E-state index in [0.717, 1.165) is 16.0 Å². The molecule has 1 rings (SSSR count). The molecular formula is C11H17BrN2O. The van der Waals surface area contributed by atoms with Gasteiger partial charge in [0.25, 0.3) is 0 Å². The lowest BCUT2D eigenvalue weighted by molar-refractivity contribution is 0.0884. The van der Waals surface area contributed by atoms with Gasteiger partial charge in [0.15, 0.2) is 0 Å². The Hall–Kier alpha value is -0.610. The highest BCUT2D eigenvalue weighted by molar-refractivity contribution is 9.10. The number of halogens is 1. The maximum Gasteiger partial charge on any atom is 0.128 e. The van der Waals surface area contributed by atoms with E-state index >= 15 is 0 Å². The van der Waals surface area contributed by atoms with Gasteiger partial charge in [-0.3, -0.25) is 0 Å². The molecule has 0 aliphatic carbocycles. The number of nitrogens with zero attached hydrogens (tertiary/aromatic N) is 2. The molecule has 0 saturated heterocycles. The molecule has 0 fully saturated rings. The number of rotatable bonds is 3. The second-order valence-electron chi connectivity index (χ2n) is 4.41. The van der Waals surface area contributed by atoms with Crippen LogP contribution in [0.4, 0.5) is 5.82 Å². The maximum absolute atomic E-state index is 9.69. The maximum atomic E-state index is 9.69. The van der Waals surface area contributed by atoms with E-state index in [0.29, 0.717) is 6.54 Å². The lowest BCUT2D eigenvalue weighted by atomic mass is 10.1. The highest BCUT2D eigenvalue weighted by atomic mass is 79.9. The van der Waals surface area contributed by atoms with Gasteiger partial charge in [0.05, 0.1) is 11.3 Å². The first-order chi connectivity index (χ1) is 6.79. The second kappa shape index (κ2) is 4.49. The van der Waals surface area contributed by atoms with Crippen LogP contribution in [0.25, 0.3) is 0 Å². The van der Waals surface area contributed by atoms with Crippen LogP contribution in [-0.2, 0) is 0 Å². The first-order valence-corrected chi connectivity index (χ1v) is 5.65. The molecule has 0 aliphatic heterocycles. The minimum Gasteiger partial charge on any atom is -0.389 e. The predicted molar refractivity (Wildman–Crippen MR) is 66.2 cm³/mol. The van der Waals surface area contributed by atoms with Crippen LogP contribution >= 0.6 is 15.9 Å². The van der Waals surface area contributed by atoms with E-state index in [1.54, 1.807) is 13.8 Å². The summed E-state index contributed by atoms with van der Waals surface area (Å²) in [6, 6.07) is 3.90. The third kappa shape index (κ3) is 3.80. The van der Waals surface area contributed by atoms with Crippen LogP contribution in [-0.4, -0.2) is 29.3 Å². The van der Waals surface area contributed by atoms with Crippen molar-refractivity contribution in [2.45, 2.75) is 26.4 Å². The van der Waals surface area contributed by atoms with Gasteiger partial charge in [-0.15, -0.1) is 0 Å². The smallest absolute Gasteiger partial charge is 0.128 e. The number of aliphatic hydroxyl groups is 1. The van der Waals surface area contributed by atoms with E-state index in [1.165, 1.54) is 0 Å². The van der Waals surface area contributed by atoms with Gasteiger partial charge in [-0.2, -0.15) is 0 Å². The molecule has 1 N–H and O–H groups in total. The number of pyridine rings is 1. The minimum atomic E-state index is -0.711. The standard InChI is InChI=1S/C11H17BrN2O/c1-8-9(12)5-6-10(13-8)14(4)7-11(2,3)15/h5-6,15H,7H2,1-4H3. The number of hydrogen-bond donors (Lipinski definition) is 1. The van der Waals surface area contributed by atoms with Crippen LogP contribution in [0.15, 0.2) is 16.6 Å².